The summed E-state index contributed by atoms with van der Waals surface area (Å²) >= 11 is 0. The number of rotatable bonds is 9. The molecule has 0 aliphatic rings. The van der Waals surface area contributed by atoms with Crippen molar-refractivity contribution in [1.82, 2.24) is 0 Å². The van der Waals surface area contributed by atoms with Gasteiger partial charge in [0.1, 0.15) is 11.5 Å². The number of hydrogen-bond donors (Lipinski definition) is 1. The maximum Gasteiger partial charge on any atom is 0.248 e. The van der Waals surface area contributed by atoms with Gasteiger partial charge in [0.15, 0.2) is 11.5 Å². The van der Waals surface area contributed by atoms with Gasteiger partial charge in [-0.1, -0.05) is 13.0 Å². The van der Waals surface area contributed by atoms with Gasteiger partial charge in [0.25, 0.3) is 0 Å². The van der Waals surface area contributed by atoms with Crippen LogP contribution in [0.2, 0.25) is 0 Å². The van der Waals surface area contributed by atoms with Crippen LogP contribution in [-0.4, -0.2) is 33.8 Å². The van der Waals surface area contributed by atoms with Crippen LogP contribution < -0.4 is 24.3 Å². The van der Waals surface area contributed by atoms with Crippen molar-refractivity contribution in [3.63, 3.8) is 0 Å². The summed E-state index contributed by atoms with van der Waals surface area (Å²) < 4.78 is 21.4. The lowest BCUT2D eigenvalue weighted by Gasteiger charge is -2.11. The Bertz CT molecular complexity index is 801. The standard InChI is InChI=1S/C21H25NO5/c1-5-12-27-19-9-6-15(13-20(19)26-4)7-11-21(23)22-17-14-16(24-2)8-10-18(17)25-3/h6-11,13-14H,5,12H2,1-4H3,(H,22,23). The zero-order valence-electron chi connectivity index (χ0n) is 16.1. The first-order valence-corrected chi connectivity index (χ1v) is 8.63. The molecule has 0 bridgehead atoms. The lowest BCUT2D eigenvalue weighted by Crippen LogP contribution is -2.09. The van der Waals surface area contributed by atoms with Crippen molar-refractivity contribution in [2.24, 2.45) is 0 Å². The van der Waals surface area contributed by atoms with Crippen molar-refractivity contribution in [3.8, 4) is 23.0 Å². The van der Waals surface area contributed by atoms with E-state index in [1.165, 1.54) is 6.08 Å². The highest BCUT2D eigenvalue weighted by molar-refractivity contribution is 6.02. The fraction of sp³-hybridized carbons (Fsp3) is 0.286. The number of nitrogens with one attached hydrogen (secondary N) is 1. The summed E-state index contributed by atoms with van der Waals surface area (Å²) in [7, 11) is 4.69. The van der Waals surface area contributed by atoms with E-state index in [1.54, 1.807) is 45.6 Å². The summed E-state index contributed by atoms with van der Waals surface area (Å²) in [5.74, 6) is 2.20. The average Bonchev–Trinajstić information content (AvgIpc) is 2.70. The molecule has 0 saturated heterocycles. The molecule has 144 valence electrons. The molecule has 2 aromatic rings. The maximum atomic E-state index is 12.3. The van der Waals surface area contributed by atoms with Gasteiger partial charge in [-0.3, -0.25) is 4.79 Å². The second kappa shape index (κ2) is 10.1. The summed E-state index contributed by atoms with van der Waals surface area (Å²) in [4.78, 5) is 12.3. The molecule has 0 aromatic heterocycles. The molecule has 0 saturated carbocycles. The number of methoxy groups -OCH3 is 3. The molecule has 0 atom stereocenters. The third-order valence-electron chi connectivity index (χ3n) is 3.74. The predicted octanol–water partition coefficient (Wildman–Crippen LogP) is 4.15. The molecule has 1 amide bonds. The second-order valence-corrected chi connectivity index (χ2v) is 5.65. The van der Waals surface area contributed by atoms with Crippen LogP contribution in [0, 0.1) is 0 Å². The summed E-state index contributed by atoms with van der Waals surface area (Å²) in [5, 5.41) is 2.79. The third kappa shape index (κ3) is 5.67. The molecule has 6 heteroatoms. The monoisotopic (exact) mass is 371 g/mol. The van der Waals surface area contributed by atoms with Crippen LogP contribution in [0.4, 0.5) is 5.69 Å². The Kier molecular flexibility index (Phi) is 7.55. The number of carbonyl (C=O) groups is 1. The molecular weight excluding hydrogens is 346 g/mol. The average molecular weight is 371 g/mol. The van der Waals surface area contributed by atoms with Crippen molar-refractivity contribution in [1.29, 1.82) is 0 Å². The third-order valence-corrected chi connectivity index (χ3v) is 3.74. The lowest BCUT2D eigenvalue weighted by atomic mass is 10.2. The molecule has 0 aliphatic carbocycles. The van der Waals surface area contributed by atoms with Gasteiger partial charge in [-0.15, -0.1) is 0 Å². The molecule has 0 radical (unpaired) electrons. The van der Waals surface area contributed by atoms with Crippen LogP contribution in [0.25, 0.3) is 6.08 Å². The second-order valence-electron chi connectivity index (χ2n) is 5.65. The molecule has 0 fully saturated rings. The molecular formula is C21H25NO5. The van der Waals surface area contributed by atoms with E-state index in [4.69, 9.17) is 18.9 Å². The van der Waals surface area contributed by atoms with E-state index in [9.17, 15) is 4.79 Å². The van der Waals surface area contributed by atoms with Crippen molar-refractivity contribution >= 4 is 17.7 Å². The molecule has 27 heavy (non-hydrogen) atoms. The minimum Gasteiger partial charge on any atom is -0.497 e. The zero-order valence-corrected chi connectivity index (χ0v) is 16.1. The Morgan fingerprint density at radius 2 is 1.70 bits per heavy atom. The molecule has 2 rings (SSSR count). The Morgan fingerprint density at radius 3 is 2.37 bits per heavy atom. The lowest BCUT2D eigenvalue weighted by molar-refractivity contribution is -0.111. The fourth-order valence-electron chi connectivity index (χ4n) is 2.38. The highest BCUT2D eigenvalue weighted by Gasteiger charge is 2.08. The molecule has 6 nitrogen and oxygen atoms in total. The van der Waals surface area contributed by atoms with E-state index in [-0.39, 0.29) is 5.91 Å². The molecule has 0 unspecified atom stereocenters. The van der Waals surface area contributed by atoms with Crippen molar-refractivity contribution < 1.29 is 23.7 Å². The Balaban J connectivity index is 2.10. The van der Waals surface area contributed by atoms with Crippen LogP contribution in [-0.2, 0) is 4.79 Å². The van der Waals surface area contributed by atoms with Crippen molar-refractivity contribution in [3.05, 3.63) is 48.0 Å². The number of benzene rings is 2. The van der Waals surface area contributed by atoms with E-state index in [0.29, 0.717) is 35.3 Å². The van der Waals surface area contributed by atoms with Gasteiger partial charge in [0, 0.05) is 12.1 Å². The van der Waals surface area contributed by atoms with Gasteiger partial charge >= 0.3 is 0 Å². The van der Waals surface area contributed by atoms with Crippen LogP contribution in [0.5, 0.6) is 23.0 Å². The normalized spacial score (nSPS) is 10.5. The zero-order chi connectivity index (χ0) is 19.6. The molecule has 0 spiro atoms. The number of ether oxygens (including phenoxy) is 4. The van der Waals surface area contributed by atoms with E-state index in [2.05, 4.69) is 5.32 Å². The number of carbonyl (C=O) groups excluding carboxylic acids is 1. The first-order chi connectivity index (χ1) is 13.1. The fourth-order valence-corrected chi connectivity index (χ4v) is 2.38. The van der Waals surface area contributed by atoms with Gasteiger partial charge in [0.2, 0.25) is 5.91 Å². The predicted molar refractivity (Wildman–Crippen MR) is 106 cm³/mol. The van der Waals surface area contributed by atoms with Gasteiger partial charge < -0.3 is 24.3 Å². The van der Waals surface area contributed by atoms with Crippen LogP contribution in [0.15, 0.2) is 42.5 Å². The minimum absolute atomic E-state index is 0.285. The Morgan fingerprint density at radius 1 is 0.963 bits per heavy atom. The first-order valence-electron chi connectivity index (χ1n) is 8.63. The van der Waals surface area contributed by atoms with E-state index >= 15 is 0 Å². The van der Waals surface area contributed by atoms with E-state index in [0.717, 1.165) is 12.0 Å². The Hall–Kier alpha value is -3.15. The number of anilines is 1. The van der Waals surface area contributed by atoms with Gasteiger partial charge in [0.05, 0.1) is 33.6 Å². The summed E-state index contributed by atoms with van der Waals surface area (Å²) in [6.07, 6.45) is 4.06. The first kappa shape index (κ1) is 20.2. The largest absolute Gasteiger partial charge is 0.497 e. The molecule has 2 aromatic carbocycles. The maximum absolute atomic E-state index is 12.3. The SMILES string of the molecule is CCCOc1ccc(C=CC(=O)Nc2cc(OC)ccc2OC)cc1OC. The van der Waals surface area contributed by atoms with Crippen LogP contribution in [0.3, 0.4) is 0 Å². The van der Waals surface area contributed by atoms with Gasteiger partial charge in [-0.25, -0.2) is 0 Å². The molecule has 0 heterocycles. The van der Waals surface area contributed by atoms with E-state index in [1.807, 2.05) is 25.1 Å². The van der Waals surface area contributed by atoms with Gasteiger partial charge in [-0.05, 0) is 42.3 Å². The smallest absolute Gasteiger partial charge is 0.248 e. The van der Waals surface area contributed by atoms with E-state index < -0.39 is 0 Å². The Labute approximate surface area is 159 Å². The van der Waals surface area contributed by atoms with Crippen LogP contribution >= 0.6 is 0 Å². The van der Waals surface area contributed by atoms with Gasteiger partial charge in [-0.2, -0.15) is 0 Å². The molecule has 1 N–H and O–H groups in total. The van der Waals surface area contributed by atoms with Crippen molar-refractivity contribution in [2.45, 2.75) is 13.3 Å². The minimum atomic E-state index is -0.285. The quantitative estimate of drug-likeness (QED) is 0.671. The highest BCUT2D eigenvalue weighted by Crippen LogP contribution is 2.30. The number of amides is 1. The number of hydrogen-bond acceptors (Lipinski definition) is 5. The summed E-state index contributed by atoms with van der Waals surface area (Å²) in [6.45, 7) is 2.66. The van der Waals surface area contributed by atoms with Crippen molar-refractivity contribution in [2.75, 3.05) is 33.3 Å². The summed E-state index contributed by atoms with van der Waals surface area (Å²) in [6, 6.07) is 10.7. The topological polar surface area (TPSA) is 66.0 Å². The highest BCUT2D eigenvalue weighted by atomic mass is 16.5. The van der Waals surface area contributed by atoms with Crippen LogP contribution in [0.1, 0.15) is 18.9 Å². The summed E-state index contributed by atoms with van der Waals surface area (Å²) in [5.41, 5.74) is 1.36. The molecule has 0 aliphatic heterocycles.